The molecule has 0 aromatic rings. The predicted molar refractivity (Wildman–Crippen MR) is 49.6 cm³/mol. The van der Waals surface area contributed by atoms with Crippen molar-refractivity contribution in [2.75, 3.05) is 13.1 Å². The van der Waals surface area contributed by atoms with Crippen molar-refractivity contribution in [1.82, 2.24) is 5.32 Å². The largest absolute Gasteiger partial charge is 0.310 e. The molecule has 1 N–H and O–H groups in total. The third-order valence-electron chi connectivity index (χ3n) is 2.03. The van der Waals surface area contributed by atoms with Gasteiger partial charge in [0, 0.05) is 13.1 Å². The number of nitrogens with one attached hydrogen (secondary N) is 1. The number of hydrogen-bond acceptors (Lipinski definition) is 1. The first-order valence-corrected chi connectivity index (χ1v) is 4.31. The van der Waals surface area contributed by atoms with Crippen molar-refractivity contribution in [3.05, 3.63) is 23.3 Å². The van der Waals surface area contributed by atoms with Gasteiger partial charge in [-0.3, -0.25) is 0 Å². The molecule has 0 aromatic heterocycles. The fraction of sp³-hybridized carbons (Fsp3) is 0.600. The number of rotatable bonds is 0. The zero-order valence-electron chi connectivity index (χ0n) is 7.48. The molecule has 0 saturated heterocycles. The van der Waals surface area contributed by atoms with Crippen LogP contribution in [0.2, 0.25) is 0 Å². The monoisotopic (exact) mass is 151 g/mol. The average molecular weight is 151 g/mol. The third kappa shape index (κ3) is 3.38. The molecule has 0 aliphatic carbocycles. The van der Waals surface area contributed by atoms with E-state index in [1.165, 1.54) is 24.0 Å². The molecule has 1 rings (SSSR count). The van der Waals surface area contributed by atoms with Gasteiger partial charge in [0.25, 0.3) is 0 Å². The lowest BCUT2D eigenvalue weighted by atomic mass is 10.1. The first-order chi connectivity index (χ1) is 5.29. The molecule has 62 valence electrons. The normalized spacial score (nSPS) is 30.4. The lowest BCUT2D eigenvalue weighted by molar-refractivity contribution is 0.812. The Bertz CT molecular complexity index is 177. The van der Waals surface area contributed by atoms with E-state index in [2.05, 4.69) is 31.3 Å². The smallest absolute Gasteiger partial charge is 0.0164 e. The van der Waals surface area contributed by atoms with Crippen molar-refractivity contribution < 1.29 is 0 Å². The highest BCUT2D eigenvalue weighted by Gasteiger charge is 1.94. The Balaban J connectivity index is 2.49. The minimum atomic E-state index is 1.02. The van der Waals surface area contributed by atoms with Crippen LogP contribution in [0.3, 0.4) is 0 Å². The van der Waals surface area contributed by atoms with Gasteiger partial charge in [0.1, 0.15) is 0 Å². The number of hydrogen-bond donors (Lipinski definition) is 1. The topological polar surface area (TPSA) is 12.0 Å². The van der Waals surface area contributed by atoms with Crippen molar-refractivity contribution in [2.45, 2.75) is 26.7 Å². The maximum atomic E-state index is 3.36. The quantitative estimate of drug-likeness (QED) is 0.524. The summed E-state index contributed by atoms with van der Waals surface area (Å²) in [5.41, 5.74) is 2.97. The molecule has 0 saturated carbocycles. The van der Waals surface area contributed by atoms with Gasteiger partial charge in [0.2, 0.25) is 0 Å². The Morgan fingerprint density at radius 1 is 1.18 bits per heavy atom. The lowest BCUT2D eigenvalue weighted by Crippen LogP contribution is -2.15. The fourth-order valence-corrected chi connectivity index (χ4v) is 1.24. The molecule has 0 radical (unpaired) electrons. The Morgan fingerprint density at radius 3 is 2.82 bits per heavy atom. The van der Waals surface area contributed by atoms with E-state index >= 15 is 0 Å². The van der Waals surface area contributed by atoms with Gasteiger partial charge in [-0.1, -0.05) is 23.3 Å². The first-order valence-electron chi connectivity index (χ1n) is 4.31. The van der Waals surface area contributed by atoms with Crippen molar-refractivity contribution in [1.29, 1.82) is 0 Å². The summed E-state index contributed by atoms with van der Waals surface area (Å²) in [6.07, 6.45) is 7.04. The summed E-state index contributed by atoms with van der Waals surface area (Å²) < 4.78 is 0. The fourth-order valence-electron chi connectivity index (χ4n) is 1.24. The molecule has 0 spiro atoms. The molecule has 1 aliphatic heterocycles. The SMILES string of the molecule is C/C1=C/CNC/C(C)=C/CC1. The van der Waals surface area contributed by atoms with Crippen LogP contribution in [0.1, 0.15) is 26.7 Å². The van der Waals surface area contributed by atoms with Crippen LogP contribution in [0.25, 0.3) is 0 Å². The predicted octanol–water partition coefficient (Wildman–Crippen LogP) is 2.26. The van der Waals surface area contributed by atoms with Gasteiger partial charge < -0.3 is 5.32 Å². The van der Waals surface area contributed by atoms with Crippen LogP contribution in [0.15, 0.2) is 23.3 Å². The Hall–Kier alpha value is -0.560. The van der Waals surface area contributed by atoms with Crippen molar-refractivity contribution >= 4 is 0 Å². The van der Waals surface area contributed by atoms with Crippen molar-refractivity contribution in [2.24, 2.45) is 0 Å². The Kier molecular flexibility index (Phi) is 3.37. The molecule has 0 unspecified atom stereocenters. The zero-order chi connectivity index (χ0) is 8.10. The standard InChI is InChI=1S/C10H17N/c1-9-4-3-5-10(2)8-11-7-6-9/h5-6,11H,3-4,7-8H2,1-2H3/b9-6-,10-5+. The summed E-state index contributed by atoms with van der Waals surface area (Å²) >= 11 is 0. The van der Waals surface area contributed by atoms with Crippen LogP contribution in [0, 0.1) is 0 Å². The summed E-state index contributed by atoms with van der Waals surface area (Å²) in [7, 11) is 0. The second-order valence-corrected chi connectivity index (χ2v) is 3.27. The minimum Gasteiger partial charge on any atom is -0.310 e. The van der Waals surface area contributed by atoms with Gasteiger partial charge in [-0.25, -0.2) is 0 Å². The second kappa shape index (κ2) is 4.35. The van der Waals surface area contributed by atoms with Crippen LogP contribution in [0.4, 0.5) is 0 Å². The van der Waals surface area contributed by atoms with Crippen LogP contribution in [-0.4, -0.2) is 13.1 Å². The molecule has 1 heterocycles. The highest BCUT2D eigenvalue weighted by atomic mass is 14.8. The lowest BCUT2D eigenvalue weighted by Gasteiger charge is -1.99. The summed E-state index contributed by atoms with van der Waals surface area (Å²) in [6.45, 7) is 6.46. The average Bonchev–Trinajstić information content (AvgIpc) is 2.04. The summed E-state index contributed by atoms with van der Waals surface area (Å²) in [6, 6.07) is 0. The first kappa shape index (κ1) is 8.54. The van der Waals surface area contributed by atoms with Gasteiger partial charge in [-0.2, -0.15) is 0 Å². The van der Waals surface area contributed by atoms with Crippen LogP contribution >= 0.6 is 0 Å². The molecule has 1 nitrogen and oxygen atoms in total. The van der Waals surface area contributed by atoms with Gasteiger partial charge in [-0.05, 0) is 26.7 Å². The third-order valence-corrected chi connectivity index (χ3v) is 2.03. The minimum absolute atomic E-state index is 1.02. The second-order valence-electron chi connectivity index (χ2n) is 3.27. The molecule has 0 aromatic carbocycles. The van der Waals surface area contributed by atoms with Gasteiger partial charge in [0.05, 0.1) is 0 Å². The summed E-state index contributed by atoms with van der Waals surface area (Å²) in [5.74, 6) is 0. The molecule has 11 heavy (non-hydrogen) atoms. The van der Waals surface area contributed by atoms with Gasteiger partial charge in [-0.15, -0.1) is 0 Å². The van der Waals surface area contributed by atoms with Gasteiger partial charge >= 0.3 is 0 Å². The molecule has 0 fully saturated rings. The van der Waals surface area contributed by atoms with Crippen LogP contribution in [-0.2, 0) is 0 Å². The van der Waals surface area contributed by atoms with E-state index < -0.39 is 0 Å². The maximum absolute atomic E-state index is 3.36. The van der Waals surface area contributed by atoms with E-state index in [4.69, 9.17) is 0 Å². The molecule has 1 heteroatoms. The Labute approximate surface area is 69.2 Å². The van der Waals surface area contributed by atoms with Crippen LogP contribution in [0.5, 0.6) is 0 Å². The van der Waals surface area contributed by atoms with E-state index in [0.29, 0.717) is 0 Å². The molecule has 0 atom stereocenters. The van der Waals surface area contributed by atoms with E-state index in [9.17, 15) is 0 Å². The summed E-state index contributed by atoms with van der Waals surface area (Å²) in [5, 5.41) is 3.36. The maximum Gasteiger partial charge on any atom is 0.0164 e. The van der Waals surface area contributed by atoms with E-state index in [1.807, 2.05) is 0 Å². The van der Waals surface area contributed by atoms with E-state index in [-0.39, 0.29) is 0 Å². The van der Waals surface area contributed by atoms with E-state index in [1.54, 1.807) is 0 Å². The van der Waals surface area contributed by atoms with E-state index in [0.717, 1.165) is 13.1 Å². The highest BCUT2D eigenvalue weighted by molar-refractivity contribution is 5.07. The highest BCUT2D eigenvalue weighted by Crippen LogP contribution is 2.07. The molecule has 0 amide bonds. The molecular formula is C10H17N. The van der Waals surface area contributed by atoms with Gasteiger partial charge in [0.15, 0.2) is 0 Å². The number of allylic oxidation sites excluding steroid dienone is 2. The molecular weight excluding hydrogens is 134 g/mol. The van der Waals surface area contributed by atoms with Crippen LogP contribution < -0.4 is 5.32 Å². The van der Waals surface area contributed by atoms with Crippen molar-refractivity contribution in [3.63, 3.8) is 0 Å². The zero-order valence-corrected chi connectivity index (χ0v) is 7.48. The Morgan fingerprint density at radius 2 is 2.00 bits per heavy atom. The summed E-state index contributed by atoms with van der Waals surface area (Å²) in [4.78, 5) is 0. The molecule has 0 bridgehead atoms. The molecule has 1 aliphatic rings. The van der Waals surface area contributed by atoms with Crippen molar-refractivity contribution in [3.8, 4) is 0 Å².